The predicted molar refractivity (Wildman–Crippen MR) is 153 cm³/mol. The summed E-state index contributed by atoms with van der Waals surface area (Å²) in [5, 5.41) is 14.0. The van der Waals surface area contributed by atoms with E-state index in [1.54, 1.807) is 25.1 Å². The Morgan fingerprint density at radius 2 is 1.48 bits per heavy atom. The van der Waals surface area contributed by atoms with Gasteiger partial charge in [-0.05, 0) is 49.1 Å². The molecule has 40 heavy (non-hydrogen) atoms. The van der Waals surface area contributed by atoms with Crippen molar-refractivity contribution in [1.29, 1.82) is 0 Å². The summed E-state index contributed by atoms with van der Waals surface area (Å²) in [6.45, 7) is 5.53. The Hall–Kier alpha value is -4.25. The van der Waals surface area contributed by atoms with Crippen LogP contribution in [0.25, 0.3) is 0 Å². The maximum Gasteiger partial charge on any atom is 0.269 e. The minimum absolute atomic E-state index is 0.0419. The molecule has 0 saturated heterocycles. The van der Waals surface area contributed by atoms with Crippen molar-refractivity contribution in [2.45, 2.75) is 38.1 Å². The van der Waals surface area contributed by atoms with Crippen LogP contribution in [0.2, 0.25) is 0 Å². The minimum atomic E-state index is -4.23. The van der Waals surface area contributed by atoms with Crippen LogP contribution in [-0.2, 0) is 26.0 Å². The zero-order valence-corrected chi connectivity index (χ0v) is 23.6. The van der Waals surface area contributed by atoms with Crippen LogP contribution in [0.1, 0.15) is 26.3 Å². The van der Waals surface area contributed by atoms with E-state index in [-0.39, 0.29) is 34.6 Å². The number of rotatable bonds is 13. The second-order valence-electron chi connectivity index (χ2n) is 9.74. The standard InChI is InChI=1S/C29H34N4O6S/c1-22(2)20-30-29(35)23(3)31(19-18-24-10-6-4-7-11-24)28(34)21-32(25-14-16-26(17-15-25)33(36)37)40(38,39)27-12-8-5-9-13-27/h4-17,22-23H,18-21H2,1-3H3,(H,30,35)/t23-/m0/s1. The molecule has 0 saturated carbocycles. The third-order valence-corrected chi connectivity index (χ3v) is 8.08. The molecule has 212 valence electrons. The fourth-order valence-corrected chi connectivity index (χ4v) is 5.45. The highest BCUT2D eigenvalue weighted by Crippen LogP contribution is 2.26. The number of nitro groups is 1. The van der Waals surface area contributed by atoms with Gasteiger partial charge in [0.1, 0.15) is 12.6 Å². The molecule has 2 amide bonds. The molecule has 3 rings (SSSR count). The topological polar surface area (TPSA) is 130 Å². The lowest BCUT2D eigenvalue weighted by molar-refractivity contribution is -0.384. The van der Waals surface area contributed by atoms with Crippen LogP contribution in [0.4, 0.5) is 11.4 Å². The van der Waals surface area contributed by atoms with Crippen LogP contribution in [0.5, 0.6) is 0 Å². The van der Waals surface area contributed by atoms with Gasteiger partial charge in [-0.25, -0.2) is 8.42 Å². The fraction of sp³-hybridized carbons (Fsp3) is 0.310. The van der Waals surface area contributed by atoms with Crippen molar-refractivity contribution in [1.82, 2.24) is 10.2 Å². The minimum Gasteiger partial charge on any atom is -0.354 e. The number of sulfonamides is 1. The normalized spacial score (nSPS) is 12.0. The maximum absolute atomic E-state index is 13.8. The van der Waals surface area contributed by atoms with Crippen molar-refractivity contribution in [3.8, 4) is 0 Å². The summed E-state index contributed by atoms with van der Waals surface area (Å²) in [4.78, 5) is 38.7. The van der Waals surface area contributed by atoms with Gasteiger partial charge < -0.3 is 10.2 Å². The molecule has 0 fully saturated rings. The first kappa shape index (κ1) is 30.3. The van der Waals surface area contributed by atoms with E-state index in [1.807, 2.05) is 44.2 Å². The van der Waals surface area contributed by atoms with Gasteiger partial charge in [0.05, 0.1) is 15.5 Å². The molecule has 0 bridgehead atoms. The van der Waals surface area contributed by atoms with Gasteiger partial charge in [-0.2, -0.15) is 0 Å². The Labute approximate surface area is 234 Å². The van der Waals surface area contributed by atoms with Crippen molar-refractivity contribution in [3.63, 3.8) is 0 Å². The molecule has 11 heteroatoms. The van der Waals surface area contributed by atoms with Gasteiger partial charge in [-0.3, -0.25) is 24.0 Å². The number of hydrogen-bond donors (Lipinski definition) is 1. The molecular weight excluding hydrogens is 532 g/mol. The first-order chi connectivity index (χ1) is 19.0. The highest BCUT2D eigenvalue weighted by atomic mass is 32.2. The highest BCUT2D eigenvalue weighted by molar-refractivity contribution is 7.92. The molecule has 0 heterocycles. The van der Waals surface area contributed by atoms with Gasteiger partial charge in [0.2, 0.25) is 11.8 Å². The van der Waals surface area contributed by atoms with Crippen LogP contribution >= 0.6 is 0 Å². The number of anilines is 1. The van der Waals surface area contributed by atoms with E-state index < -0.39 is 33.4 Å². The third kappa shape index (κ3) is 7.89. The lowest BCUT2D eigenvalue weighted by atomic mass is 10.1. The predicted octanol–water partition coefficient (Wildman–Crippen LogP) is 4.02. The number of nitrogens with one attached hydrogen (secondary N) is 1. The largest absolute Gasteiger partial charge is 0.354 e. The Kier molecular flexibility index (Phi) is 10.4. The quantitative estimate of drug-likeness (QED) is 0.246. The van der Waals surface area contributed by atoms with Crippen molar-refractivity contribution in [2.24, 2.45) is 5.92 Å². The molecule has 0 spiro atoms. The van der Waals surface area contributed by atoms with Gasteiger partial charge in [0.15, 0.2) is 0 Å². The lowest BCUT2D eigenvalue weighted by Gasteiger charge is -2.32. The Morgan fingerprint density at radius 3 is 2.02 bits per heavy atom. The van der Waals surface area contributed by atoms with Crippen molar-refractivity contribution in [3.05, 3.63) is 101 Å². The summed E-state index contributed by atoms with van der Waals surface area (Å²) in [6, 6.07) is 21.2. The van der Waals surface area contributed by atoms with Crippen molar-refractivity contribution in [2.75, 3.05) is 23.9 Å². The summed E-state index contributed by atoms with van der Waals surface area (Å²) >= 11 is 0. The monoisotopic (exact) mass is 566 g/mol. The second kappa shape index (κ2) is 13.7. The zero-order valence-electron chi connectivity index (χ0n) is 22.8. The molecule has 0 radical (unpaired) electrons. The van der Waals surface area contributed by atoms with E-state index >= 15 is 0 Å². The summed E-state index contributed by atoms with van der Waals surface area (Å²) in [7, 11) is -4.23. The number of nitro benzene ring substituents is 1. The molecule has 0 aliphatic rings. The van der Waals surface area contributed by atoms with Crippen molar-refractivity contribution >= 4 is 33.2 Å². The highest BCUT2D eigenvalue weighted by Gasteiger charge is 2.32. The number of non-ortho nitro benzene ring substituents is 1. The van der Waals surface area contributed by atoms with Crippen LogP contribution in [-0.4, -0.2) is 55.7 Å². The molecule has 1 N–H and O–H groups in total. The third-order valence-electron chi connectivity index (χ3n) is 6.29. The van der Waals surface area contributed by atoms with Gasteiger partial charge in [0, 0.05) is 25.2 Å². The average molecular weight is 567 g/mol. The van der Waals surface area contributed by atoms with E-state index in [9.17, 15) is 28.1 Å². The Morgan fingerprint density at radius 1 is 0.900 bits per heavy atom. The summed E-state index contributed by atoms with van der Waals surface area (Å²) in [5.74, 6) is -0.720. The molecule has 1 atom stereocenters. The van der Waals surface area contributed by atoms with E-state index in [0.29, 0.717) is 13.0 Å². The number of benzene rings is 3. The van der Waals surface area contributed by atoms with E-state index in [4.69, 9.17) is 0 Å². The van der Waals surface area contributed by atoms with Crippen LogP contribution in [0.3, 0.4) is 0 Å². The summed E-state index contributed by atoms with van der Waals surface area (Å²) in [5.41, 5.74) is 0.828. The Bertz CT molecular complexity index is 1400. The molecule has 3 aromatic carbocycles. The number of nitrogens with zero attached hydrogens (tertiary/aromatic N) is 3. The molecule has 0 unspecified atom stereocenters. The lowest BCUT2D eigenvalue weighted by Crippen LogP contribution is -2.52. The second-order valence-corrected chi connectivity index (χ2v) is 11.6. The van der Waals surface area contributed by atoms with Gasteiger partial charge in [-0.15, -0.1) is 0 Å². The van der Waals surface area contributed by atoms with Gasteiger partial charge in [0.25, 0.3) is 15.7 Å². The molecule has 0 aliphatic carbocycles. The Balaban J connectivity index is 1.97. The van der Waals surface area contributed by atoms with Gasteiger partial charge >= 0.3 is 0 Å². The first-order valence-electron chi connectivity index (χ1n) is 12.9. The molecule has 3 aromatic rings. The van der Waals surface area contributed by atoms with E-state index in [1.165, 1.54) is 41.3 Å². The summed E-state index contributed by atoms with van der Waals surface area (Å²) in [6.07, 6.45) is 0.456. The van der Waals surface area contributed by atoms with E-state index in [0.717, 1.165) is 9.87 Å². The van der Waals surface area contributed by atoms with Crippen LogP contribution < -0.4 is 9.62 Å². The van der Waals surface area contributed by atoms with Crippen molar-refractivity contribution < 1.29 is 22.9 Å². The average Bonchev–Trinajstić information content (AvgIpc) is 2.95. The van der Waals surface area contributed by atoms with Crippen LogP contribution in [0, 0.1) is 16.0 Å². The number of hydrogen-bond acceptors (Lipinski definition) is 6. The molecule has 0 aromatic heterocycles. The first-order valence-corrected chi connectivity index (χ1v) is 14.4. The van der Waals surface area contributed by atoms with E-state index in [2.05, 4.69) is 5.32 Å². The smallest absolute Gasteiger partial charge is 0.269 e. The molecule has 10 nitrogen and oxygen atoms in total. The van der Waals surface area contributed by atoms with Crippen LogP contribution in [0.15, 0.2) is 89.8 Å². The number of carbonyl (C=O) groups excluding carboxylic acids is 2. The maximum atomic E-state index is 13.8. The molecule has 0 aliphatic heterocycles. The summed E-state index contributed by atoms with van der Waals surface area (Å²) < 4.78 is 28.3. The zero-order chi connectivity index (χ0) is 29.3. The SMILES string of the molecule is CC(C)CNC(=O)[C@H](C)N(CCc1ccccc1)C(=O)CN(c1ccc([N+](=O)[O-])cc1)S(=O)(=O)c1ccccc1. The fourth-order valence-electron chi connectivity index (χ4n) is 4.01. The number of carbonyl (C=O) groups is 2. The number of amides is 2. The molecular formula is C29H34N4O6S. The van der Waals surface area contributed by atoms with Gasteiger partial charge in [-0.1, -0.05) is 62.4 Å².